The van der Waals surface area contributed by atoms with Crippen molar-refractivity contribution in [3.8, 4) is 0 Å². The molecular weight excluding hydrogens is 156 g/mol. The van der Waals surface area contributed by atoms with E-state index in [1.54, 1.807) is 0 Å². The lowest BCUT2D eigenvalue weighted by atomic mass is 10.3. The van der Waals surface area contributed by atoms with Gasteiger partial charge in [-0.2, -0.15) is 0 Å². The lowest BCUT2D eigenvalue weighted by Crippen LogP contribution is -2.18. The first-order valence-electron chi connectivity index (χ1n) is 2.24. The van der Waals surface area contributed by atoms with Gasteiger partial charge in [-0.1, -0.05) is 15.9 Å². The number of aliphatic imine (C=N–C) groups is 1. The molecule has 3 heteroatoms. The zero-order chi connectivity index (χ0) is 5.28. The third-order valence-corrected chi connectivity index (χ3v) is 1.92. The molecule has 0 aromatic rings. The number of nitrogens with zero attached hydrogens (tertiary/aromatic N) is 1. The highest BCUT2D eigenvalue weighted by molar-refractivity contribution is 9.10. The minimum Gasteiger partial charge on any atom is -0.387 e. The third-order valence-electron chi connectivity index (χ3n) is 0.998. The second-order valence-electron chi connectivity index (χ2n) is 1.56. The van der Waals surface area contributed by atoms with Gasteiger partial charge in [0, 0.05) is 6.54 Å². The van der Waals surface area contributed by atoms with Crippen LogP contribution in [-0.4, -0.2) is 17.2 Å². The summed E-state index contributed by atoms with van der Waals surface area (Å²) in [7, 11) is 0. The molecule has 7 heavy (non-hydrogen) atoms. The lowest BCUT2D eigenvalue weighted by molar-refractivity contribution is 0.969. The highest BCUT2D eigenvalue weighted by atomic mass is 79.9. The highest BCUT2D eigenvalue weighted by Gasteiger charge is 2.12. The molecule has 0 aliphatic carbocycles. The van der Waals surface area contributed by atoms with Crippen LogP contribution in [0.3, 0.4) is 0 Å². The zero-order valence-electron chi connectivity index (χ0n) is 3.89. The average Bonchev–Trinajstić information content (AvgIpc) is 1.91. The second kappa shape index (κ2) is 1.82. The Kier molecular flexibility index (Phi) is 1.32. The van der Waals surface area contributed by atoms with E-state index in [0.29, 0.717) is 4.83 Å². The van der Waals surface area contributed by atoms with Crippen LogP contribution in [0.15, 0.2) is 4.99 Å². The van der Waals surface area contributed by atoms with Crippen LogP contribution in [0.5, 0.6) is 0 Å². The van der Waals surface area contributed by atoms with Gasteiger partial charge in [-0.25, -0.2) is 0 Å². The molecule has 0 radical (unpaired) electrons. The maximum atomic E-state index is 5.38. The Morgan fingerprint density at radius 2 is 2.57 bits per heavy atom. The second-order valence-corrected chi connectivity index (χ2v) is 2.67. The molecule has 1 heterocycles. The van der Waals surface area contributed by atoms with E-state index in [1.165, 1.54) is 0 Å². The SMILES string of the molecule is NC1=NCCC1Br. The molecule has 0 saturated heterocycles. The van der Waals surface area contributed by atoms with Crippen LogP contribution in [0, 0.1) is 0 Å². The van der Waals surface area contributed by atoms with Crippen molar-refractivity contribution in [2.45, 2.75) is 11.2 Å². The van der Waals surface area contributed by atoms with E-state index in [2.05, 4.69) is 20.9 Å². The number of amidine groups is 1. The number of hydrogen-bond donors (Lipinski definition) is 1. The summed E-state index contributed by atoms with van der Waals surface area (Å²) in [6.07, 6.45) is 1.06. The van der Waals surface area contributed by atoms with Crippen molar-refractivity contribution in [3.05, 3.63) is 0 Å². The van der Waals surface area contributed by atoms with E-state index < -0.39 is 0 Å². The Hall–Kier alpha value is -0.0500. The van der Waals surface area contributed by atoms with E-state index in [-0.39, 0.29) is 0 Å². The van der Waals surface area contributed by atoms with Crippen molar-refractivity contribution in [1.29, 1.82) is 0 Å². The first kappa shape index (κ1) is 5.09. The van der Waals surface area contributed by atoms with Crippen LogP contribution >= 0.6 is 15.9 Å². The number of hydrogen-bond acceptors (Lipinski definition) is 2. The summed E-state index contributed by atoms with van der Waals surface area (Å²) in [5.41, 5.74) is 5.38. The normalized spacial score (nSPS) is 30.4. The largest absolute Gasteiger partial charge is 0.387 e. The van der Waals surface area contributed by atoms with Crippen LogP contribution in [0.25, 0.3) is 0 Å². The Bertz CT molecular complexity index is 99.9. The van der Waals surface area contributed by atoms with Gasteiger partial charge in [0.1, 0.15) is 5.84 Å². The van der Waals surface area contributed by atoms with Crippen molar-refractivity contribution in [3.63, 3.8) is 0 Å². The topological polar surface area (TPSA) is 38.4 Å². The van der Waals surface area contributed by atoms with Gasteiger partial charge in [-0.3, -0.25) is 4.99 Å². The number of alkyl halides is 1. The number of halogens is 1. The fourth-order valence-electron chi connectivity index (χ4n) is 0.554. The van der Waals surface area contributed by atoms with Crippen molar-refractivity contribution in [2.24, 2.45) is 10.7 Å². The Morgan fingerprint density at radius 1 is 1.86 bits per heavy atom. The van der Waals surface area contributed by atoms with E-state index in [0.717, 1.165) is 18.8 Å². The quantitative estimate of drug-likeness (QED) is 0.519. The lowest BCUT2D eigenvalue weighted by Gasteiger charge is -1.93. The summed E-state index contributed by atoms with van der Waals surface area (Å²) in [6.45, 7) is 0.891. The molecule has 2 N–H and O–H groups in total. The van der Waals surface area contributed by atoms with E-state index in [4.69, 9.17) is 5.73 Å². The molecule has 0 aromatic heterocycles. The molecule has 0 amide bonds. The summed E-state index contributed by atoms with van der Waals surface area (Å²) in [5, 5.41) is 0. The van der Waals surface area contributed by atoms with Crippen molar-refractivity contribution < 1.29 is 0 Å². The van der Waals surface area contributed by atoms with Crippen molar-refractivity contribution >= 4 is 21.8 Å². The van der Waals surface area contributed by atoms with Crippen LogP contribution in [0.4, 0.5) is 0 Å². The molecule has 2 nitrogen and oxygen atoms in total. The van der Waals surface area contributed by atoms with Gasteiger partial charge >= 0.3 is 0 Å². The molecule has 0 bridgehead atoms. The Balaban J connectivity index is 2.54. The van der Waals surface area contributed by atoms with Crippen LogP contribution in [0.1, 0.15) is 6.42 Å². The Labute approximate surface area is 50.9 Å². The Morgan fingerprint density at radius 3 is 2.71 bits per heavy atom. The molecule has 0 spiro atoms. The van der Waals surface area contributed by atoms with Crippen LogP contribution in [-0.2, 0) is 0 Å². The molecule has 1 aliphatic rings. The number of rotatable bonds is 0. The van der Waals surface area contributed by atoms with Gasteiger partial charge in [0.2, 0.25) is 0 Å². The zero-order valence-corrected chi connectivity index (χ0v) is 5.48. The standard InChI is InChI=1S/C4H7BrN2/c5-3-1-2-7-4(3)6/h3H,1-2H2,(H2,6,7). The van der Waals surface area contributed by atoms with Crippen LogP contribution in [0.2, 0.25) is 0 Å². The minimum atomic E-state index is 0.354. The van der Waals surface area contributed by atoms with Gasteiger partial charge in [0.15, 0.2) is 0 Å². The summed E-state index contributed by atoms with van der Waals surface area (Å²) in [4.78, 5) is 4.32. The molecule has 1 atom stereocenters. The average molecular weight is 163 g/mol. The predicted octanol–water partition coefficient (Wildman–Crippen LogP) is 0.511. The summed E-state index contributed by atoms with van der Waals surface area (Å²) >= 11 is 3.35. The summed E-state index contributed by atoms with van der Waals surface area (Å²) in [5.74, 6) is 0.750. The summed E-state index contributed by atoms with van der Waals surface area (Å²) < 4.78 is 0. The maximum Gasteiger partial charge on any atom is 0.108 e. The highest BCUT2D eigenvalue weighted by Crippen LogP contribution is 2.10. The number of nitrogens with two attached hydrogens (primary N) is 1. The first-order valence-corrected chi connectivity index (χ1v) is 3.16. The van der Waals surface area contributed by atoms with Crippen molar-refractivity contribution in [2.75, 3.05) is 6.54 Å². The molecule has 0 saturated carbocycles. The van der Waals surface area contributed by atoms with Gasteiger partial charge in [0.25, 0.3) is 0 Å². The fourth-order valence-corrected chi connectivity index (χ4v) is 0.903. The minimum absolute atomic E-state index is 0.354. The van der Waals surface area contributed by atoms with Gasteiger partial charge in [-0.05, 0) is 6.42 Å². The van der Waals surface area contributed by atoms with Gasteiger partial charge in [-0.15, -0.1) is 0 Å². The summed E-state index contributed by atoms with van der Waals surface area (Å²) in [6, 6.07) is 0. The monoisotopic (exact) mass is 162 g/mol. The molecule has 0 fully saturated rings. The molecule has 0 aromatic carbocycles. The fraction of sp³-hybridized carbons (Fsp3) is 0.750. The van der Waals surface area contributed by atoms with E-state index >= 15 is 0 Å². The van der Waals surface area contributed by atoms with E-state index in [9.17, 15) is 0 Å². The smallest absolute Gasteiger partial charge is 0.108 e. The molecule has 1 aliphatic heterocycles. The van der Waals surface area contributed by atoms with Gasteiger partial charge < -0.3 is 5.73 Å². The molecule has 1 unspecified atom stereocenters. The van der Waals surface area contributed by atoms with E-state index in [1.807, 2.05) is 0 Å². The maximum absolute atomic E-state index is 5.38. The van der Waals surface area contributed by atoms with Crippen molar-refractivity contribution in [1.82, 2.24) is 0 Å². The molecular formula is C4H7BrN2. The predicted molar refractivity (Wildman–Crippen MR) is 33.8 cm³/mol. The molecule has 40 valence electrons. The molecule has 1 rings (SSSR count). The third kappa shape index (κ3) is 0.938. The van der Waals surface area contributed by atoms with Crippen LogP contribution < -0.4 is 5.73 Å². The van der Waals surface area contributed by atoms with Gasteiger partial charge in [0.05, 0.1) is 4.83 Å². The first-order chi connectivity index (χ1) is 3.30.